The van der Waals surface area contributed by atoms with Crippen molar-refractivity contribution >= 4 is 17.6 Å². The van der Waals surface area contributed by atoms with E-state index < -0.39 is 23.6 Å². The van der Waals surface area contributed by atoms with Crippen LogP contribution in [0.3, 0.4) is 0 Å². The minimum Gasteiger partial charge on any atom is -0.508 e. The fraction of sp³-hybridized carbons (Fsp3) is 0.250. The largest absolute Gasteiger partial charge is 0.508 e. The van der Waals surface area contributed by atoms with Crippen molar-refractivity contribution in [2.75, 3.05) is 7.11 Å². The first-order valence-corrected chi connectivity index (χ1v) is 6.48. The summed E-state index contributed by atoms with van der Waals surface area (Å²) < 4.78 is 4.93. The van der Waals surface area contributed by atoms with Crippen LogP contribution in [0.4, 0.5) is 0 Å². The maximum Gasteiger partial charge on any atom is 0.172 e. The third-order valence-corrected chi connectivity index (χ3v) is 3.31. The zero-order chi connectivity index (χ0) is 15.4. The molecule has 0 spiro atoms. The molecule has 0 amide bonds. The zero-order valence-corrected chi connectivity index (χ0v) is 11.5. The van der Waals surface area contributed by atoms with Crippen molar-refractivity contribution in [3.8, 4) is 5.75 Å². The molecule has 110 valence electrons. The number of rotatable bonds is 4. The van der Waals surface area contributed by atoms with Gasteiger partial charge in [-0.25, -0.2) is 0 Å². The van der Waals surface area contributed by atoms with Gasteiger partial charge < -0.3 is 14.9 Å². The number of aliphatic hydroxyl groups excluding tert-OH is 1. The number of ketones is 2. The molecular formula is C16H16O5. The van der Waals surface area contributed by atoms with Gasteiger partial charge in [-0.05, 0) is 23.8 Å². The van der Waals surface area contributed by atoms with Crippen molar-refractivity contribution < 1.29 is 24.5 Å². The Kier molecular flexibility index (Phi) is 4.55. The van der Waals surface area contributed by atoms with Crippen molar-refractivity contribution in [3.63, 3.8) is 0 Å². The van der Waals surface area contributed by atoms with Gasteiger partial charge in [0.15, 0.2) is 11.6 Å². The lowest BCUT2D eigenvalue weighted by Gasteiger charge is -2.23. The Bertz CT molecular complexity index is 598. The molecule has 0 heterocycles. The highest BCUT2D eigenvalue weighted by atomic mass is 16.5. The lowest BCUT2D eigenvalue weighted by atomic mass is 9.85. The quantitative estimate of drug-likeness (QED) is 0.647. The van der Waals surface area contributed by atoms with Crippen LogP contribution in [-0.4, -0.2) is 35.0 Å². The van der Waals surface area contributed by atoms with E-state index >= 15 is 0 Å². The lowest BCUT2D eigenvalue weighted by Crippen LogP contribution is -2.37. The highest BCUT2D eigenvalue weighted by Gasteiger charge is 2.35. The minimum atomic E-state index is -1.09. The van der Waals surface area contributed by atoms with E-state index in [2.05, 4.69) is 0 Å². The molecule has 0 fully saturated rings. The molecule has 0 aliphatic heterocycles. The molecule has 0 saturated heterocycles. The number of phenolic OH excluding ortho intramolecular Hbond substituents is 1. The maximum atomic E-state index is 12.1. The van der Waals surface area contributed by atoms with Crippen LogP contribution in [0.5, 0.6) is 5.75 Å². The molecule has 2 N–H and O–H groups in total. The maximum absolute atomic E-state index is 12.1. The van der Waals surface area contributed by atoms with Gasteiger partial charge in [0, 0.05) is 12.5 Å². The topological polar surface area (TPSA) is 83.8 Å². The van der Waals surface area contributed by atoms with Crippen molar-refractivity contribution in [1.29, 1.82) is 0 Å². The van der Waals surface area contributed by atoms with E-state index in [0.717, 1.165) is 0 Å². The zero-order valence-electron chi connectivity index (χ0n) is 11.5. The molecule has 1 aromatic rings. The molecular weight excluding hydrogens is 272 g/mol. The number of carbonyl (C=O) groups is 2. The Morgan fingerprint density at radius 1 is 1.33 bits per heavy atom. The fourth-order valence-corrected chi connectivity index (χ4v) is 2.16. The number of aromatic hydroxyl groups is 1. The molecule has 5 nitrogen and oxygen atoms in total. The number of hydrogen-bond donors (Lipinski definition) is 2. The van der Waals surface area contributed by atoms with Gasteiger partial charge in [0.25, 0.3) is 0 Å². The van der Waals surface area contributed by atoms with Crippen LogP contribution in [0.25, 0.3) is 6.08 Å². The number of allylic oxidation sites excluding steroid dienone is 2. The summed E-state index contributed by atoms with van der Waals surface area (Å²) in [5.74, 6) is -1.48. The number of methoxy groups -OCH3 is 1. The molecule has 2 atom stereocenters. The predicted octanol–water partition coefficient (Wildman–Crippen LogP) is 1.45. The Balaban J connectivity index is 2.11. The summed E-state index contributed by atoms with van der Waals surface area (Å²) >= 11 is 0. The van der Waals surface area contributed by atoms with Crippen LogP contribution in [0, 0.1) is 5.92 Å². The van der Waals surface area contributed by atoms with Gasteiger partial charge in [0.2, 0.25) is 0 Å². The van der Waals surface area contributed by atoms with Gasteiger partial charge >= 0.3 is 0 Å². The van der Waals surface area contributed by atoms with Crippen LogP contribution in [0.1, 0.15) is 12.0 Å². The Labute approximate surface area is 122 Å². The first-order chi connectivity index (χ1) is 10.0. The standard InChI is InChI=1S/C16H16O5/c1-21-12-8-14(19)16(15(20)9-12)13(18)7-4-10-2-5-11(17)6-3-10/h2-8,15-17,20H,9H2,1H3. The van der Waals surface area contributed by atoms with Crippen LogP contribution < -0.4 is 0 Å². The van der Waals surface area contributed by atoms with Gasteiger partial charge in [0.1, 0.15) is 17.4 Å². The van der Waals surface area contributed by atoms with E-state index in [0.29, 0.717) is 11.3 Å². The Morgan fingerprint density at radius 3 is 2.57 bits per heavy atom. The van der Waals surface area contributed by atoms with Gasteiger partial charge in [0.05, 0.1) is 13.2 Å². The summed E-state index contributed by atoms with van der Waals surface area (Å²) in [5, 5.41) is 19.1. The van der Waals surface area contributed by atoms with Crippen molar-refractivity contribution in [1.82, 2.24) is 0 Å². The SMILES string of the molecule is COC1=CC(=O)C(C(=O)C=Cc2ccc(O)cc2)C(O)C1. The lowest BCUT2D eigenvalue weighted by molar-refractivity contribution is -0.133. The molecule has 1 aliphatic carbocycles. The molecule has 2 rings (SSSR count). The second-order valence-corrected chi connectivity index (χ2v) is 4.79. The molecule has 0 bridgehead atoms. The summed E-state index contributed by atoms with van der Waals surface area (Å²) in [6.45, 7) is 0. The summed E-state index contributed by atoms with van der Waals surface area (Å²) in [7, 11) is 1.42. The Morgan fingerprint density at radius 2 is 2.00 bits per heavy atom. The van der Waals surface area contributed by atoms with Gasteiger partial charge in [-0.2, -0.15) is 0 Å². The smallest absolute Gasteiger partial charge is 0.172 e. The number of ether oxygens (including phenoxy) is 1. The van der Waals surface area contributed by atoms with Crippen LogP contribution in [0.2, 0.25) is 0 Å². The average Bonchev–Trinajstić information content (AvgIpc) is 2.45. The fourth-order valence-electron chi connectivity index (χ4n) is 2.16. The predicted molar refractivity (Wildman–Crippen MR) is 76.4 cm³/mol. The van der Waals surface area contributed by atoms with Gasteiger partial charge in [-0.3, -0.25) is 9.59 Å². The average molecular weight is 288 g/mol. The van der Waals surface area contributed by atoms with E-state index in [4.69, 9.17) is 9.84 Å². The second kappa shape index (κ2) is 6.37. The second-order valence-electron chi connectivity index (χ2n) is 4.79. The number of carbonyl (C=O) groups excluding carboxylic acids is 2. The first kappa shape index (κ1) is 15.0. The van der Waals surface area contributed by atoms with Gasteiger partial charge in [-0.15, -0.1) is 0 Å². The summed E-state index contributed by atoms with van der Waals surface area (Å²) in [6.07, 6.45) is 3.13. The highest BCUT2D eigenvalue weighted by Crippen LogP contribution is 2.23. The van der Waals surface area contributed by atoms with Crippen LogP contribution >= 0.6 is 0 Å². The monoisotopic (exact) mass is 288 g/mol. The van der Waals surface area contributed by atoms with Crippen molar-refractivity contribution in [3.05, 3.63) is 47.7 Å². The number of benzene rings is 1. The number of aliphatic hydroxyl groups is 1. The molecule has 1 aromatic carbocycles. The molecule has 0 aromatic heterocycles. The molecule has 0 radical (unpaired) electrons. The summed E-state index contributed by atoms with van der Waals surface area (Å²) in [6, 6.07) is 6.28. The van der Waals surface area contributed by atoms with Crippen molar-refractivity contribution in [2.24, 2.45) is 5.92 Å². The third kappa shape index (κ3) is 3.58. The summed E-state index contributed by atoms with van der Waals surface area (Å²) in [5.41, 5.74) is 0.715. The molecule has 1 aliphatic rings. The first-order valence-electron chi connectivity index (χ1n) is 6.48. The molecule has 2 unspecified atom stereocenters. The number of phenols is 1. The van der Waals surface area contributed by atoms with Crippen molar-refractivity contribution in [2.45, 2.75) is 12.5 Å². The third-order valence-electron chi connectivity index (χ3n) is 3.31. The number of hydrogen-bond acceptors (Lipinski definition) is 5. The van der Waals surface area contributed by atoms with Gasteiger partial charge in [-0.1, -0.05) is 18.2 Å². The molecule has 21 heavy (non-hydrogen) atoms. The van der Waals surface area contributed by atoms with E-state index in [1.54, 1.807) is 12.1 Å². The van der Waals surface area contributed by atoms with E-state index in [1.165, 1.54) is 37.5 Å². The van der Waals surface area contributed by atoms with Crippen LogP contribution in [0.15, 0.2) is 42.2 Å². The molecule has 0 saturated carbocycles. The molecule has 5 heteroatoms. The minimum absolute atomic E-state index is 0.133. The van der Waals surface area contributed by atoms with E-state index in [9.17, 15) is 14.7 Å². The van der Waals surface area contributed by atoms with E-state index in [-0.39, 0.29) is 12.2 Å². The summed E-state index contributed by atoms with van der Waals surface area (Å²) in [4.78, 5) is 23.9. The van der Waals surface area contributed by atoms with Crippen LogP contribution in [-0.2, 0) is 14.3 Å². The van der Waals surface area contributed by atoms with E-state index in [1.807, 2.05) is 0 Å². The Hall–Kier alpha value is -2.40. The highest BCUT2D eigenvalue weighted by molar-refractivity contribution is 6.13. The normalized spacial score (nSPS) is 22.2.